The number of hydrogen-bond donors (Lipinski definition) is 1. The third-order valence-electron chi connectivity index (χ3n) is 2.61. The smallest absolute Gasteiger partial charge is 0.310 e. The van der Waals surface area contributed by atoms with Gasteiger partial charge in [-0.3, -0.25) is 10.1 Å². The summed E-state index contributed by atoms with van der Waals surface area (Å²) in [7, 11) is 0. The standard InChI is InChI=1S/C10H12ClN3O2/c11-10-5-8(9(6-13-10)14(15)16)12-4-3-7-1-2-7/h5-7H,1-4H2,(H,12,13). The average Bonchev–Trinajstić information content (AvgIpc) is 3.01. The molecular formula is C10H12ClN3O2. The number of nitrogens with zero attached hydrogens (tertiary/aromatic N) is 2. The Bertz CT molecular complexity index is 407. The highest BCUT2D eigenvalue weighted by Crippen LogP contribution is 2.32. The zero-order chi connectivity index (χ0) is 11.5. The van der Waals surface area contributed by atoms with Crippen molar-refractivity contribution in [2.45, 2.75) is 19.3 Å². The summed E-state index contributed by atoms with van der Waals surface area (Å²) in [6.45, 7) is 0.742. The lowest BCUT2D eigenvalue weighted by atomic mass is 10.3. The summed E-state index contributed by atoms with van der Waals surface area (Å²) >= 11 is 5.70. The molecule has 5 nitrogen and oxygen atoms in total. The van der Waals surface area contributed by atoms with Crippen molar-refractivity contribution in [3.63, 3.8) is 0 Å². The third-order valence-corrected chi connectivity index (χ3v) is 2.82. The molecule has 2 rings (SSSR count). The van der Waals surface area contributed by atoms with Gasteiger partial charge in [0.1, 0.15) is 17.0 Å². The predicted octanol–water partition coefficient (Wildman–Crippen LogP) is 2.86. The van der Waals surface area contributed by atoms with Crippen LogP contribution in [0.25, 0.3) is 0 Å². The first-order valence-corrected chi connectivity index (χ1v) is 5.58. The van der Waals surface area contributed by atoms with Gasteiger partial charge in [-0.2, -0.15) is 0 Å². The van der Waals surface area contributed by atoms with Gasteiger partial charge in [0.15, 0.2) is 0 Å². The molecule has 0 spiro atoms. The molecule has 0 bridgehead atoms. The van der Waals surface area contributed by atoms with Crippen molar-refractivity contribution >= 4 is 23.0 Å². The Kier molecular flexibility index (Phi) is 3.24. The molecule has 86 valence electrons. The fourth-order valence-corrected chi connectivity index (χ4v) is 1.69. The van der Waals surface area contributed by atoms with Crippen LogP contribution in [-0.2, 0) is 0 Å². The van der Waals surface area contributed by atoms with Crippen LogP contribution in [0.5, 0.6) is 0 Å². The van der Waals surface area contributed by atoms with Crippen molar-refractivity contribution in [3.05, 3.63) is 27.5 Å². The van der Waals surface area contributed by atoms with Crippen LogP contribution >= 0.6 is 11.6 Å². The number of aromatic nitrogens is 1. The Morgan fingerprint density at radius 1 is 1.62 bits per heavy atom. The highest BCUT2D eigenvalue weighted by Gasteiger charge is 2.21. The van der Waals surface area contributed by atoms with E-state index >= 15 is 0 Å². The molecule has 0 unspecified atom stereocenters. The van der Waals surface area contributed by atoms with Gasteiger partial charge in [-0.05, 0) is 12.3 Å². The van der Waals surface area contributed by atoms with Gasteiger partial charge in [-0.25, -0.2) is 4.98 Å². The lowest BCUT2D eigenvalue weighted by Gasteiger charge is -2.06. The molecule has 0 radical (unpaired) electrons. The zero-order valence-electron chi connectivity index (χ0n) is 8.65. The van der Waals surface area contributed by atoms with Gasteiger partial charge in [-0.1, -0.05) is 24.4 Å². The van der Waals surface area contributed by atoms with E-state index in [-0.39, 0.29) is 10.8 Å². The molecule has 0 amide bonds. The van der Waals surface area contributed by atoms with E-state index < -0.39 is 4.92 Å². The number of pyridine rings is 1. The molecule has 0 aliphatic heterocycles. The summed E-state index contributed by atoms with van der Waals surface area (Å²) < 4.78 is 0. The van der Waals surface area contributed by atoms with Crippen molar-refractivity contribution in [3.8, 4) is 0 Å². The minimum absolute atomic E-state index is 0.0276. The van der Waals surface area contributed by atoms with Crippen molar-refractivity contribution in [1.29, 1.82) is 0 Å². The van der Waals surface area contributed by atoms with E-state index in [4.69, 9.17) is 11.6 Å². The SMILES string of the molecule is O=[N+]([O-])c1cnc(Cl)cc1NCCC1CC1. The van der Waals surface area contributed by atoms with Gasteiger partial charge in [0.05, 0.1) is 4.92 Å². The fourth-order valence-electron chi connectivity index (χ4n) is 1.53. The monoisotopic (exact) mass is 241 g/mol. The maximum Gasteiger partial charge on any atom is 0.310 e. The predicted molar refractivity (Wildman–Crippen MR) is 61.7 cm³/mol. The highest BCUT2D eigenvalue weighted by molar-refractivity contribution is 6.29. The van der Waals surface area contributed by atoms with Crippen LogP contribution in [0.2, 0.25) is 5.15 Å². The molecule has 1 N–H and O–H groups in total. The van der Waals surface area contributed by atoms with E-state index in [2.05, 4.69) is 10.3 Å². The molecule has 0 aromatic carbocycles. The summed E-state index contributed by atoms with van der Waals surface area (Å²) in [5.74, 6) is 0.795. The van der Waals surface area contributed by atoms with Crippen LogP contribution in [-0.4, -0.2) is 16.5 Å². The second-order valence-corrected chi connectivity index (χ2v) is 4.33. The van der Waals surface area contributed by atoms with Gasteiger partial charge in [0.2, 0.25) is 0 Å². The molecule has 1 aliphatic carbocycles. The van der Waals surface area contributed by atoms with Gasteiger partial charge in [0.25, 0.3) is 0 Å². The molecule has 1 saturated carbocycles. The Morgan fingerprint density at radius 2 is 2.38 bits per heavy atom. The first kappa shape index (κ1) is 11.1. The topological polar surface area (TPSA) is 68.1 Å². The second kappa shape index (κ2) is 4.65. The minimum Gasteiger partial charge on any atom is -0.379 e. The number of halogens is 1. The van der Waals surface area contributed by atoms with Crippen LogP contribution < -0.4 is 5.32 Å². The van der Waals surface area contributed by atoms with Crippen LogP contribution in [0.1, 0.15) is 19.3 Å². The van der Waals surface area contributed by atoms with E-state index in [9.17, 15) is 10.1 Å². The van der Waals surface area contributed by atoms with Crippen molar-refractivity contribution in [2.24, 2.45) is 5.92 Å². The van der Waals surface area contributed by atoms with Crippen LogP contribution in [0.3, 0.4) is 0 Å². The molecule has 0 atom stereocenters. The molecule has 1 fully saturated rings. The second-order valence-electron chi connectivity index (χ2n) is 3.94. The number of anilines is 1. The molecule has 1 heterocycles. The maximum absolute atomic E-state index is 10.7. The Hall–Kier alpha value is -1.36. The van der Waals surface area contributed by atoms with E-state index in [0.29, 0.717) is 5.69 Å². The molecule has 0 saturated heterocycles. The Morgan fingerprint density at radius 3 is 3.00 bits per heavy atom. The van der Waals surface area contributed by atoms with E-state index in [1.54, 1.807) is 0 Å². The van der Waals surface area contributed by atoms with Crippen LogP contribution in [0.15, 0.2) is 12.3 Å². The summed E-state index contributed by atoms with van der Waals surface area (Å²) in [6, 6.07) is 1.49. The molecule has 1 aromatic heterocycles. The van der Waals surface area contributed by atoms with E-state index in [1.807, 2.05) is 0 Å². The van der Waals surface area contributed by atoms with E-state index in [0.717, 1.165) is 18.9 Å². The molecular weight excluding hydrogens is 230 g/mol. The highest BCUT2D eigenvalue weighted by atomic mass is 35.5. The number of rotatable bonds is 5. The first-order chi connectivity index (χ1) is 7.66. The van der Waals surface area contributed by atoms with Crippen molar-refractivity contribution in [2.75, 3.05) is 11.9 Å². The largest absolute Gasteiger partial charge is 0.379 e. The lowest BCUT2D eigenvalue weighted by molar-refractivity contribution is -0.384. The molecule has 1 aromatic rings. The van der Waals surface area contributed by atoms with Crippen LogP contribution in [0, 0.1) is 16.0 Å². The number of nitro groups is 1. The molecule has 6 heteroatoms. The molecule has 16 heavy (non-hydrogen) atoms. The zero-order valence-corrected chi connectivity index (χ0v) is 9.41. The summed E-state index contributed by atoms with van der Waals surface area (Å²) in [5.41, 5.74) is 0.422. The summed E-state index contributed by atoms with van der Waals surface area (Å²) in [5, 5.41) is 14.0. The van der Waals surface area contributed by atoms with Gasteiger partial charge < -0.3 is 5.32 Å². The first-order valence-electron chi connectivity index (χ1n) is 5.20. The lowest BCUT2D eigenvalue weighted by Crippen LogP contribution is -2.05. The Balaban J connectivity index is 2.03. The molecule has 1 aliphatic rings. The fraction of sp³-hybridized carbons (Fsp3) is 0.500. The van der Waals surface area contributed by atoms with Crippen LogP contribution in [0.4, 0.5) is 11.4 Å². The van der Waals surface area contributed by atoms with Crippen molar-refractivity contribution in [1.82, 2.24) is 4.98 Å². The maximum atomic E-state index is 10.7. The summed E-state index contributed by atoms with van der Waals surface area (Å²) in [4.78, 5) is 14.0. The third kappa shape index (κ3) is 2.82. The number of hydrogen-bond acceptors (Lipinski definition) is 4. The normalized spacial score (nSPS) is 14.8. The number of nitrogens with one attached hydrogen (secondary N) is 1. The van der Waals surface area contributed by atoms with Gasteiger partial charge >= 0.3 is 5.69 Å². The quantitative estimate of drug-likeness (QED) is 0.489. The average molecular weight is 242 g/mol. The van der Waals surface area contributed by atoms with Gasteiger partial charge in [-0.15, -0.1) is 0 Å². The Labute approximate surface area is 98.0 Å². The van der Waals surface area contributed by atoms with Gasteiger partial charge in [0, 0.05) is 12.6 Å². The van der Waals surface area contributed by atoms with Crippen molar-refractivity contribution < 1.29 is 4.92 Å². The minimum atomic E-state index is -0.456. The summed E-state index contributed by atoms with van der Waals surface area (Å²) in [6.07, 6.45) is 4.79. The van der Waals surface area contributed by atoms with E-state index in [1.165, 1.54) is 25.1 Å².